The first-order chi connectivity index (χ1) is 28.7. The van der Waals surface area contributed by atoms with Gasteiger partial charge in [0.05, 0.1) is 18.8 Å². The number of carbonyl (C=O) groups excluding carboxylic acids is 1. The van der Waals surface area contributed by atoms with Crippen LogP contribution in [0.3, 0.4) is 0 Å². The van der Waals surface area contributed by atoms with E-state index in [-0.39, 0.29) is 12.5 Å². The Kier molecular flexibility index (Phi) is 49.2. The zero-order chi connectivity index (χ0) is 42.1. The van der Waals surface area contributed by atoms with Gasteiger partial charge in [0.25, 0.3) is 0 Å². The van der Waals surface area contributed by atoms with Crippen molar-refractivity contribution in [2.75, 3.05) is 6.61 Å². The van der Waals surface area contributed by atoms with Gasteiger partial charge in [-0.3, -0.25) is 4.79 Å². The van der Waals surface area contributed by atoms with E-state index in [0.29, 0.717) is 6.42 Å². The van der Waals surface area contributed by atoms with Crippen molar-refractivity contribution in [2.45, 2.75) is 309 Å². The van der Waals surface area contributed by atoms with Crippen LogP contribution in [0.2, 0.25) is 0 Å². The zero-order valence-corrected chi connectivity index (χ0v) is 39.6. The average Bonchev–Trinajstić information content (AvgIpc) is 3.23. The number of hydrogen-bond donors (Lipinski definition) is 3. The molecular weight excluding hydrogens is 711 g/mol. The van der Waals surface area contributed by atoms with E-state index in [0.717, 1.165) is 25.7 Å². The molecule has 2 atom stereocenters. The van der Waals surface area contributed by atoms with E-state index in [1.54, 1.807) is 6.08 Å². The summed E-state index contributed by atoms with van der Waals surface area (Å²) in [6.07, 6.45) is 66.2. The Labute approximate surface area is 364 Å². The van der Waals surface area contributed by atoms with Gasteiger partial charge in [-0.25, -0.2) is 0 Å². The molecule has 0 saturated heterocycles. The van der Waals surface area contributed by atoms with Crippen molar-refractivity contribution >= 4 is 5.91 Å². The van der Waals surface area contributed by atoms with Crippen LogP contribution in [0.1, 0.15) is 296 Å². The van der Waals surface area contributed by atoms with Crippen LogP contribution in [-0.2, 0) is 4.79 Å². The number of carbonyl (C=O) groups is 1. The van der Waals surface area contributed by atoms with Crippen molar-refractivity contribution in [1.82, 2.24) is 5.32 Å². The number of hydrogen-bond acceptors (Lipinski definition) is 3. The monoisotopic (exact) mass is 816 g/mol. The summed E-state index contributed by atoms with van der Waals surface area (Å²) in [5.41, 5.74) is 0. The fourth-order valence-electron chi connectivity index (χ4n) is 8.35. The van der Waals surface area contributed by atoms with Gasteiger partial charge in [0, 0.05) is 6.42 Å². The maximum absolute atomic E-state index is 12.4. The Hall–Kier alpha value is -1.13. The highest BCUT2D eigenvalue weighted by Gasteiger charge is 2.18. The van der Waals surface area contributed by atoms with Crippen LogP contribution in [0.25, 0.3) is 0 Å². The first kappa shape index (κ1) is 56.9. The van der Waals surface area contributed by atoms with Crippen LogP contribution in [0.5, 0.6) is 0 Å². The van der Waals surface area contributed by atoms with E-state index in [2.05, 4.69) is 31.3 Å². The summed E-state index contributed by atoms with van der Waals surface area (Å²) < 4.78 is 0. The van der Waals surface area contributed by atoms with Gasteiger partial charge in [-0.2, -0.15) is 0 Å². The van der Waals surface area contributed by atoms with Crippen molar-refractivity contribution in [1.29, 1.82) is 0 Å². The van der Waals surface area contributed by atoms with E-state index in [4.69, 9.17) is 0 Å². The largest absolute Gasteiger partial charge is 0.394 e. The molecule has 0 bridgehead atoms. The van der Waals surface area contributed by atoms with Gasteiger partial charge in [-0.15, -0.1) is 0 Å². The second kappa shape index (κ2) is 50.2. The molecule has 4 nitrogen and oxygen atoms in total. The molecule has 1 amide bonds. The number of aliphatic hydroxyl groups excluding tert-OH is 2. The van der Waals surface area contributed by atoms with E-state index < -0.39 is 12.1 Å². The molecule has 0 heterocycles. The second-order valence-corrected chi connectivity index (χ2v) is 18.3. The van der Waals surface area contributed by atoms with Crippen molar-refractivity contribution < 1.29 is 15.0 Å². The van der Waals surface area contributed by atoms with Gasteiger partial charge >= 0.3 is 0 Å². The molecule has 0 aromatic rings. The number of allylic oxidation sites excluding steroid dienone is 3. The number of unbranched alkanes of at least 4 members (excludes halogenated alkanes) is 40. The molecule has 0 aromatic heterocycles. The van der Waals surface area contributed by atoms with Gasteiger partial charge in [-0.05, 0) is 44.9 Å². The second-order valence-electron chi connectivity index (χ2n) is 18.3. The molecule has 0 rings (SSSR count). The minimum atomic E-state index is -0.836. The summed E-state index contributed by atoms with van der Waals surface area (Å²) in [6, 6.07) is -0.619. The molecule has 0 saturated carbocycles. The molecular formula is C54H105NO3. The molecule has 2 unspecified atom stereocenters. The first-order valence-electron chi connectivity index (χ1n) is 26.6. The lowest BCUT2D eigenvalue weighted by Gasteiger charge is -2.20. The molecule has 0 radical (unpaired) electrons. The highest BCUT2D eigenvalue weighted by atomic mass is 16.3. The van der Waals surface area contributed by atoms with Crippen molar-refractivity contribution in [3.05, 3.63) is 24.3 Å². The maximum atomic E-state index is 12.4. The predicted octanol–water partition coefficient (Wildman–Crippen LogP) is 17.1. The number of nitrogens with one attached hydrogen (secondary N) is 1. The molecule has 0 aliphatic rings. The quantitative estimate of drug-likeness (QED) is 0.0423. The van der Waals surface area contributed by atoms with Crippen molar-refractivity contribution in [2.24, 2.45) is 0 Å². The summed E-state index contributed by atoms with van der Waals surface area (Å²) in [5, 5.41) is 23.1. The van der Waals surface area contributed by atoms with E-state index in [9.17, 15) is 15.0 Å². The fraction of sp³-hybridized carbons (Fsp3) is 0.907. The number of aliphatic hydroxyl groups is 2. The van der Waals surface area contributed by atoms with E-state index in [1.165, 1.54) is 250 Å². The van der Waals surface area contributed by atoms with Crippen LogP contribution in [0.15, 0.2) is 24.3 Å². The maximum Gasteiger partial charge on any atom is 0.220 e. The average molecular weight is 816 g/mol. The highest BCUT2D eigenvalue weighted by molar-refractivity contribution is 5.76. The van der Waals surface area contributed by atoms with Crippen LogP contribution in [0, 0.1) is 0 Å². The highest BCUT2D eigenvalue weighted by Crippen LogP contribution is 2.17. The zero-order valence-electron chi connectivity index (χ0n) is 39.6. The van der Waals surface area contributed by atoms with Crippen LogP contribution in [0.4, 0.5) is 0 Å². The fourth-order valence-corrected chi connectivity index (χ4v) is 8.35. The van der Waals surface area contributed by atoms with Gasteiger partial charge < -0.3 is 15.5 Å². The molecule has 0 aliphatic heterocycles. The lowest BCUT2D eigenvalue weighted by Crippen LogP contribution is -2.45. The minimum absolute atomic E-state index is 0.0598. The summed E-state index contributed by atoms with van der Waals surface area (Å²) >= 11 is 0. The lowest BCUT2D eigenvalue weighted by molar-refractivity contribution is -0.123. The lowest BCUT2D eigenvalue weighted by atomic mass is 10.0. The molecule has 0 fully saturated rings. The van der Waals surface area contributed by atoms with Gasteiger partial charge in [0.1, 0.15) is 0 Å². The third kappa shape index (κ3) is 45.9. The van der Waals surface area contributed by atoms with Crippen LogP contribution >= 0.6 is 0 Å². The Balaban J connectivity index is 3.42. The smallest absolute Gasteiger partial charge is 0.220 e. The van der Waals surface area contributed by atoms with Crippen molar-refractivity contribution in [3.8, 4) is 0 Å². The normalized spacial score (nSPS) is 13.0. The molecule has 4 heteroatoms. The predicted molar refractivity (Wildman–Crippen MR) is 258 cm³/mol. The summed E-state index contributed by atoms with van der Waals surface area (Å²) in [5.74, 6) is -0.0598. The summed E-state index contributed by atoms with van der Waals surface area (Å²) in [7, 11) is 0. The molecule has 0 aliphatic carbocycles. The summed E-state index contributed by atoms with van der Waals surface area (Å²) in [6.45, 7) is 4.33. The van der Waals surface area contributed by atoms with Crippen LogP contribution < -0.4 is 5.32 Å². The topological polar surface area (TPSA) is 69.6 Å². The standard InChI is InChI=1S/C54H105NO3/c1-3-5-7-9-11-13-15-17-19-20-21-22-23-24-25-26-27-28-29-30-31-32-33-34-35-36-38-40-42-44-46-48-50-54(58)55-52(51-56)53(57)49-47-45-43-41-39-37-18-16-14-12-10-8-6-4-2/h24-25,47,49,52-53,56-57H,3-23,26-46,48,50-51H2,1-2H3,(H,55,58)/b25-24-,49-47+. The third-order valence-electron chi connectivity index (χ3n) is 12.4. The Bertz CT molecular complexity index is 840. The Morgan fingerprint density at radius 1 is 0.397 bits per heavy atom. The SMILES string of the molecule is CCCCCCCCCCCCCC/C=C\CCCCCCCCCCCCCCCCCCC(=O)NC(CO)C(O)/C=C/CCCCCCCCCCCCCC. The van der Waals surface area contributed by atoms with E-state index >= 15 is 0 Å². The molecule has 344 valence electrons. The van der Waals surface area contributed by atoms with Gasteiger partial charge in [0.2, 0.25) is 5.91 Å². The summed E-state index contributed by atoms with van der Waals surface area (Å²) in [4.78, 5) is 12.4. The molecule has 3 N–H and O–H groups in total. The first-order valence-corrected chi connectivity index (χ1v) is 26.6. The van der Waals surface area contributed by atoms with E-state index in [1.807, 2.05) is 6.08 Å². The Morgan fingerprint density at radius 3 is 0.948 bits per heavy atom. The minimum Gasteiger partial charge on any atom is -0.394 e. The molecule has 0 spiro atoms. The van der Waals surface area contributed by atoms with Crippen LogP contribution in [-0.4, -0.2) is 34.9 Å². The third-order valence-corrected chi connectivity index (χ3v) is 12.4. The van der Waals surface area contributed by atoms with Gasteiger partial charge in [0.15, 0.2) is 0 Å². The van der Waals surface area contributed by atoms with Crippen molar-refractivity contribution in [3.63, 3.8) is 0 Å². The van der Waals surface area contributed by atoms with Gasteiger partial charge in [-0.1, -0.05) is 269 Å². The molecule has 0 aromatic carbocycles. The Morgan fingerprint density at radius 2 is 0.655 bits per heavy atom. The molecule has 58 heavy (non-hydrogen) atoms. The number of rotatable bonds is 49. The number of amides is 1.